The average Bonchev–Trinajstić information content (AvgIpc) is 2.78. The quantitative estimate of drug-likeness (QED) is 0.673. The highest BCUT2D eigenvalue weighted by Crippen LogP contribution is 2.33. The molecule has 0 saturated heterocycles. The lowest BCUT2D eigenvalue weighted by molar-refractivity contribution is 0.0729. The van der Waals surface area contributed by atoms with E-state index < -0.39 is 0 Å². The molecular weight excluding hydrogens is 346 g/mol. The Morgan fingerprint density at radius 2 is 1.64 bits per heavy atom. The van der Waals surface area contributed by atoms with Gasteiger partial charge in [0.15, 0.2) is 0 Å². The fraction of sp³-hybridized carbons (Fsp3) is 0.250. The molecule has 3 heterocycles. The summed E-state index contributed by atoms with van der Waals surface area (Å²) in [6, 6.07) is 20.9. The summed E-state index contributed by atoms with van der Waals surface area (Å²) in [5, 5.41) is 0. The van der Waals surface area contributed by atoms with Gasteiger partial charge in [0.2, 0.25) is 0 Å². The molecule has 2 aliphatic rings. The van der Waals surface area contributed by atoms with Gasteiger partial charge in [0.25, 0.3) is 5.91 Å². The Bertz CT molecular complexity index is 1030. The summed E-state index contributed by atoms with van der Waals surface area (Å²) in [5.41, 5.74) is 6.76. The third-order valence-corrected chi connectivity index (χ3v) is 5.80. The van der Waals surface area contributed by atoms with Crippen molar-refractivity contribution in [2.45, 2.75) is 25.8 Å². The molecular formula is C24H23N3O. The van der Waals surface area contributed by atoms with E-state index in [-0.39, 0.29) is 5.91 Å². The van der Waals surface area contributed by atoms with Crippen molar-refractivity contribution in [3.05, 3.63) is 89.2 Å². The molecule has 2 aliphatic heterocycles. The maximum absolute atomic E-state index is 13.1. The van der Waals surface area contributed by atoms with Crippen molar-refractivity contribution in [3.8, 4) is 0 Å². The molecule has 28 heavy (non-hydrogen) atoms. The number of aromatic nitrogens is 1. The number of amides is 1. The zero-order valence-corrected chi connectivity index (χ0v) is 15.8. The first kappa shape index (κ1) is 17.0. The van der Waals surface area contributed by atoms with Crippen molar-refractivity contribution in [2.75, 3.05) is 18.0 Å². The second-order valence-electron chi connectivity index (χ2n) is 7.53. The van der Waals surface area contributed by atoms with Gasteiger partial charge in [-0.3, -0.25) is 9.78 Å². The van der Waals surface area contributed by atoms with Gasteiger partial charge in [0.1, 0.15) is 5.69 Å². The van der Waals surface area contributed by atoms with Gasteiger partial charge >= 0.3 is 0 Å². The molecule has 0 N–H and O–H groups in total. The molecule has 1 amide bonds. The van der Waals surface area contributed by atoms with Crippen LogP contribution in [0, 0.1) is 0 Å². The number of pyridine rings is 1. The molecule has 2 aromatic carbocycles. The van der Waals surface area contributed by atoms with Gasteiger partial charge in [-0.2, -0.15) is 0 Å². The van der Waals surface area contributed by atoms with Gasteiger partial charge < -0.3 is 9.80 Å². The van der Waals surface area contributed by atoms with Crippen LogP contribution in [0.25, 0.3) is 0 Å². The van der Waals surface area contributed by atoms with E-state index in [2.05, 4.69) is 52.3 Å². The number of carbonyl (C=O) groups is 1. The van der Waals surface area contributed by atoms with Crippen molar-refractivity contribution in [1.82, 2.24) is 9.88 Å². The maximum atomic E-state index is 13.1. The minimum absolute atomic E-state index is 0.0154. The Balaban J connectivity index is 1.42. The van der Waals surface area contributed by atoms with Crippen LogP contribution in [0.3, 0.4) is 0 Å². The second kappa shape index (κ2) is 7.12. The summed E-state index contributed by atoms with van der Waals surface area (Å²) in [6.07, 6.45) is 4.89. The van der Waals surface area contributed by atoms with Crippen molar-refractivity contribution in [3.63, 3.8) is 0 Å². The highest BCUT2D eigenvalue weighted by molar-refractivity contribution is 5.93. The fourth-order valence-corrected chi connectivity index (χ4v) is 4.34. The Morgan fingerprint density at radius 1 is 0.857 bits per heavy atom. The van der Waals surface area contributed by atoms with E-state index in [1.165, 1.54) is 22.4 Å². The third kappa shape index (κ3) is 3.05. The zero-order valence-electron chi connectivity index (χ0n) is 15.8. The summed E-state index contributed by atoms with van der Waals surface area (Å²) < 4.78 is 0. The summed E-state index contributed by atoms with van der Waals surface area (Å²) in [5.74, 6) is 0.0154. The minimum atomic E-state index is 0.0154. The standard InChI is InChI=1S/C24H23N3O/c28-24(26-15-12-18-6-1-2-8-20(18)17-26)22-16-21(11-13-25-22)27-14-5-9-19-7-3-4-10-23(19)27/h1-4,6-8,10-11,13,16H,5,9,12,14-15,17H2. The van der Waals surface area contributed by atoms with Crippen LogP contribution in [0.1, 0.15) is 33.6 Å². The van der Waals surface area contributed by atoms with Crippen LogP contribution in [0.5, 0.6) is 0 Å². The van der Waals surface area contributed by atoms with Crippen LogP contribution in [-0.4, -0.2) is 28.9 Å². The van der Waals surface area contributed by atoms with Gasteiger partial charge in [0.05, 0.1) is 0 Å². The summed E-state index contributed by atoms with van der Waals surface area (Å²) >= 11 is 0. The topological polar surface area (TPSA) is 36.4 Å². The van der Waals surface area contributed by atoms with Crippen molar-refractivity contribution < 1.29 is 4.79 Å². The summed E-state index contributed by atoms with van der Waals surface area (Å²) in [6.45, 7) is 2.37. The molecule has 4 nitrogen and oxygen atoms in total. The van der Waals surface area contributed by atoms with Crippen molar-refractivity contribution >= 4 is 17.3 Å². The highest BCUT2D eigenvalue weighted by atomic mass is 16.2. The van der Waals surface area contributed by atoms with E-state index >= 15 is 0 Å². The van der Waals surface area contributed by atoms with E-state index in [1.54, 1.807) is 6.20 Å². The van der Waals surface area contributed by atoms with Crippen molar-refractivity contribution in [2.24, 2.45) is 0 Å². The molecule has 5 rings (SSSR count). The molecule has 0 unspecified atom stereocenters. The van der Waals surface area contributed by atoms with Gasteiger partial charge in [0, 0.05) is 37.2 Å². The third-order valence-electron chi connectivity index (χ3n) is 5.80. The van der Waals surface area contributed by atoms with Crippen LogP contribution in [0.15, 0.2) is 66.9 Å². The summed E-state index contributed by atoms with van der Waals surface area (Å²) in [7, 11) is 0. The van der Waals surface area contributed by atoms with E-state index in [9.17, 15) is 4.79 Å². The van der Waals surface area contributed by atoms with Crippen LogP contribution in [0.4, 0.5) is 11.4 Å². The number of hydrogen-bond acceptors (Lipinski definition) is 3. The van der Waals surface area contributed by atoms with E-state index in [0.717, 1.165) is 38.0 Å². The van der Waals surface area contributed by atoms with Crippen LogP contribution in [-0.2, 0) is 19.4 Å². The van der Waals surface area contributed by atoms with Gasteiger partial charge in [-0.25, -0.2) is 0 Å². The number of rotatable bonds is 2. The number of nitrogens with zero attached hydrogens (tertiary/aromatic N) is 3. The van der Waals surface area contributed by atoms with E-state index in [0.29, 0.717) is 12.2 Å². The lowest BCUT2D eigenvalue weighted by atomic mass is 9.99. The molecule has 0 aliphatic carbocycles. The van der Waals surface area contributed by atoms with Crippen LogP contribution in [0.2, 0.25) is 0 Å². The lowest BCUT2D eigenvalue weighted by Gasteiger charge is -2.32. The monoisotopic (exact) mass is 369 g/mol. The van der Waals surface area contributed by atoms with Crippen molar-refractivity contribution in [1.29, 1.82) is 0 Å². The molecule has 1 aromatic heterocycles. The molecule has 3 aromatic rings. The highest BCUT2D eigenvalue weighted by Gasteiger charge is 2.24. The Hall–Kier alpha value is -3.14. The number of benzene rings is 2. The normalized spacial score (nSPS) is 15.7. The van der Waals surface area contributed by atoms with E-state index in [1.807, 2.05) is 23.1 Å². The number of anilines is 2. The number of carbonyl (C=O) groups excluding carboxylic acids is 1. The first-order valence-corrected chi connectivity index (χ1v) is 9.97. The molecule has 140 valence electrons. The largest absolute Gasteiger partial charge is 0.341 e. The Morgan fingerprint density at radius 3 is 2.54 bits per heavy atom. The lowest BCUT2D eigenvalue weighted by Crippen LogP contribution is -2.36. The predicted molar refractivity (Wildman–Crippen MR) is 111 cm³/mol. The van der Waals surface area contributed by atoms with Gasteiger partial charge in [-0.05, 0) is 54.2 Å². The van der Waals surface area contributed by atoms with Crippen LogP contribution < -0.4 is 4.90 Å². The zero-order chi connectivity index (χ0) is 18.9. The first-order valence-electron chi connectivity index (χ1n) is 9.97. The Kier molecular flexibility index (Phi) is 4.32. The average molecular weight is 369 g/mol. The summed E-state index contributed by atoms with van der Waals surface area (Å²) in [4.78, 5) is 21.8. The smallest absolute Gasteiger partial charge is 0.272 e. The van der Waals surface area contributed by atoms with Gasteiger partial charge in [-0.1, -0.05) is 42.5 Å². The van der Waals surface area contributed by atoms with Gasteiger partial charge in [-0.15, -0.1) is 0 Å². The molecule has 4 heteroatoms. The predicted octanol–water partition coefficient (Wildman–Crippen LogP) is 4.36. The fourth-order valence-electron chi connectivity index (χ4n) is 4.34. The molecule has 0 radical (unpaired) electrons. The molecule has 0 saturated carbocycles. The second-order valence-corrected chi connectivity index (χ2v) is 7.53. The molecule has 0 bridgehead atoms. The number of para-hydroxylation sites is 1. The SMILES string of the molecule is O=C(c1cc(N2CCCc3ccccc32)ccn1)N1CCc2ccccc2C1. The minimum Gasteiger partial charge on any atom is -0.341 e. The molecule has 0 spiro atoms. The Labute approximate surface area is 165 Å². The first-order chi connectivity index (χ1) is 13.8. The van der Waals surface area contributed by atoms with Crippen LogP contribution >= 0.6 is 0 Å². The maximum Gasteiger partial charge on any atom is 0.272 e. The number of aryl methyl sites for hydroxylation is 1. The number of fused-ring (bicyclic) bond motifs is 2. The van der Waals surface area contributed by atoms with E-state index in [4.69, 9.17) is 0 Å². The molecule has 0 atom stereocenters. The number of hydrogen-bond donors (Lipinski definition) is 0. The molecule has 0 fully saturated rings.